The number of fused-ring (bicyclic) bond motifs is 1. The zero-order chi connectivity index (χ0) is 18.1. The molecule has 0 aliphatic carbocycles. The van der Waals surface area contributed by atoms with Crippen molar-refractivity contribution < 1.29 is 18.1 Å². The van der Waals surface area contributed by atoms with Crippen LogP contribution in [0.25, 0.3) is 22.2 Å². The summed E-state index contributed by atoms with van der Waals surface area (Å²) in [7, 11) is 0. The van der Waals surface area contributed by atoms with E-state index in [1.54, 1.807) is 24.4 Å². The molecule has 128 valence electrons. The van der Waals surface area contributed by atoms with Gasteiger partial charge in [-0.25, -0.2) is 8.78 Å². The molecule has 0 bridgehead atoms. The number of hydrogen-bond acceptors (Lipinski definition) is 4. The van der Waals surface area contributed by atoms with Crippen molar-refractivity contribution in [2.24, 2.45) is 0 Å². The molecule has 0 atom stereocenters. The van der Waals surface area contributed by atoms with E-state index < -0.39 is 17.5 Å². The van der Waals surface area contributed by atoms with Crippen molar-refractivity contribution in [2.45, 2.75) is 0 Å². The normalized spacial score (nSPS) is 10.8. The second-order valence-corrected chi connectivity index (χ2v) is 5.53. The van der Waals surface area contributed by atoms with Crippen molar-refractivity contribution in [2.75, 3.05) is 5.32 Å². The quantitative estimate of drug-likeness (QED) is 0.593. The molecular formula is C19H11F2N3O2. The lowest BCUT2D eigenvalue weighted by atomic mass is 10.1. The molecule has 4 rings (SSSR count). The largest absolute Gasteiger partial charge is 0.355 e. The number of benzene rings is 2. The minimum atomic E-state index is -1.04. The van der Waals surface area contributed by atoms with Crippen molar-refractivity contribution in [3.05, 3.63) is 78.1 Å². The Morgan fingerprint density at radius 2 is 1.88 bits per heavy atom. The summed E-state index contributed by atoms with van der Waals surface area (Å²) in [5, 5.41) is 7.23. The average Bonchev–Trinajstić information content (AvgIpc) is 3.14. The molecule has 0 aliphatic heterocycles. The molecule has 4 aromatic rings. The molecule has 2 aromatic heterocycles. The Hall–Kier alpha value is -3.61. The number of nitrogens with one attached hydrogen (secondary N) is 1. The number of rotatable bonds is 3. The van der Waals surface area contributed by atoms with E-state index in [1.807, 2.05) is 12.1 Å². The van der Waals surface area contributed by atoms with Crippen molar-refractivity contribution in [3.63, 3.8) is 0 Å². The summed E-state index contributed by atoms with van der Waals surface area (Å²) in [4.78, 5) is 16.9. The van der Waals surface area contributed by atoms with Gasteiger partial charge in [-0.1, -0.05) is 23.4 Å². The molecule has 0 fully saturated rings. The van der Waals surface area contributed by atoms with Crippen LogP contribution in [0, 0.1) is 11.6 Å². The molecule has 1 amide bonds. The zero-order valence-electron chi connectivity index (χ0n) is 13.2. The summed E-state index contributed by atoms with van der Waals surface area (Å²) < 4.78 is 31.7. The number of nitrogens with zero attached hydrogens (tertiary/aromatic N) is 2. The molecule has 0 saturated heterocycles. The standard InChI is InChI=1S/C19H11F2N3O2/c20-14-7-6-12(9-15(14)21)18-13(10-23-26-18)19(25)24-16-5-1-3-11-4-2-8-22-17(11)16/h1-10H,(H,24,25). The summed E-state index contributed by atoms with van der Waals surface area (Å²) in [5.74, 6) is -2.47. The molecule has 7 heteroatoms. The fraction of sp³-hybridized carbons (Fsp3) is 0. The third-order valence-corrected chi connectivity index (χ3v) is 3.88. The van der Waals surface area contributed by atoms with Crippen LogP contribution in [0.4, 0.5) is 14.5 Å². The predicted molar refractivity (Wildman–Crippen MR) is 91.6 cm³/mol. The fourth-order valence-electron chi connectivity index (χ4n) is 2.64. The molecule has 0 aliphatic rings. The second kappa shape index (κ2) is 6.36. The first-order valence-corrected chi connectivity index (χ1v) is 7.68. The first-order chi connectivity index (χ1) is 12.6. The maximum Gasteiger partial charge on any atom is 0.261 e. The molecular weight excluding hydrogens is 340 g/mol. The maximum atomic E-state index is 13.5. The van der Waals surface area contributed by atoms with Crippen LogP contribution in [0.2, 0.25) is 0 Å². The van der Waals surface area contributed by atoms with Gasteiger partial charge in [0.15, 0.2) is 17.4 Å². The van der Waals surface area contributed by atoms with Crippen LogP contribution in [0.1, 0.15) is 10.4 Å². The van der Waals surface area contributed by atoms with Gasteiger partial charge in [-0.3, -0.25) is 9.78 Å². The number of carbonyl (C=O) groups excluding carboxylic acids is 1. The van der Waals surface area contributed by atoms with Crippen LogP contribution in [-0.2, 0) is 0 Å². The van der Waals surface area contributed by atoms with Crippen LogP contribution >= 0.6 is 0 Å². The summed E-state index contributed by atoms with van der Waals surface area (Å²) in [6.45, 7) is 0. The van der Waals surface area contributed by atoms with Gasteiger partial charge in [-0.2, -0.15) is 0 Å². The van der Waals surface area contributed by atoms with Crippen molar-refractivity contribution >= 4 is 22.5 Å². The molecule has 2 aromatic carbocycles. The molecule has 0 radical (unpaired) electrons. The highest BCUT2D eigenvalue weighted by atomic mass is 19.2. The molecule has 0 unspecified atom stereocenters. The van der Waals surface area contributed by atoms with Gasteiger partial charge >= 0.3 is 0 Å². The Morgan fingerprint density at radius 1 is 1.04 bits per heavy atom. The first-order valence-electron chi connectivity index (χ1n) is 7.68. The highest BCUT2D eigenvalue weighted by molar-refractivity contribution is 6.10. The number of pyridine rings is 1. The predicted octanol–water partition coefficient (Wildman–Crippen LogP) is 4.42. The van der Waals surface area contributed by atoms with Crippen LogP contribution in [0.3, 0.4) is 0 Å². The number of halogens is 2. The Balaban J connectivity index is 1.69. The van der Waals surface area contributed by atoms with Gasteiger partial charge in [0.2, 0.25) is 0 Å². The van der Waals surface area contributed by atoms with Crippen molar-refractivity contribution in [3.8, 4) is 11.3 Å². The number of aromatic nitrogens is 2. The van der Waals surface area contributed by atoms with Gasteiger partial charge in [0, 0.05) is 17.1 Å². The summed E-state index contributed by atoms with van der Waals surface area (Å²) >= 11 is 0. The molecule has 2 heterocycles. The maximum absolute atomic E-state index is 13.5. The molecule has 26 heavy (non-hydrogen) atoms. The zero-order valence-corrected chi connectivity index (χ0v) is 13.2. The number of amides is 1. The summed E-state index contributed by atoms with van der Waals surface area (Å²) in [6.07, 6.45) is 2.86. The van der Waals surface area contributed by atoms with Gasteiger partial charge in [-0.15, -0.1) is 0 Å². The molecule has 0 saturated carbocycles. The van der Waals surface area contributed by atoms with E-state index in [1.165, 1.54) is 12.3 Å². The first kappa shape index (κ1) is 15.9. The van der Waals surface area contributed by atoms with Crippen LogP contribution < -0.4 is 5.32 Å². The summed E-state index contributed by atoms with van der Waals surface area (Å²) in [5.41, 5.74) is 1.46. The minimum Gasteiger partial charge on any atom is -0.355 e. The van der Waals surface area contributed by atoms with Gasteiger partial charge in [0.1, 0.15) is 5.56 Å². The van der Waals surface area contributed by atoms with Gasteiger partial charge in [0.05, 0.1) is 17.4 Å². The van der Waals surface area contributed by atoms with Gasteiger partial charge in [0.25, 0.3) is 5.91 Å². The monoisotopic (exact) mass is 351 g/mol. The van der Waals surface area contributed by atoms with E-state index >= 15 is 0 Å². The number of anilines is 1. The molecule has 1 N–H and O–H groups in total. The minimum absolute atomic E-state index is 0.0506. The Morgan fingerprint density at radius 3 is 2.73 bits per heavy atom. The second-order valence-electron chi connectivity index (χ2n) is 5.53. The van der Waals surface area contributed by atoms with E-state index in [9.17, 15) is 13.6 Å². The Labute approximate surface area is 146 Å². The average molecular weight is 351 g/mol. The number of carbonyl (C=O) groups is 1. The fourth-order valence-corrected chi connectivity index (χ4v) is 2.64. The SMILES string of the molecule is O=C(Nc1cccc2cccnc12)c1cnoc1-c1ccc(F)c(F)c1. The molecule has 5 nitrogen and oxygen atoms in total. The third-order valence-electron chi connectivity index (χ3n) is 3.88. The Bertz CT molecular complexity index is 1120. The topological polar surface area (TPSA) is 68.0 Å². The highest BCUT2D eigenvalue weighted by Gasteiger charge is 2.20. The van der Waals surface area contributed by atoms with E-state index in [-0.39, 0.29) is 16.9 Å². The van der Waals surface area contributed by atoms with E-state index in [4.69, 9.17) is 4.52 Å². The summed E-state index contributed by atoms with van der Waals surface area (Å²) in [6, 6.07) is 12.3. The van der Waals surface area contributed by atoms with Crippen LogP contribution in [-0.4, -0.2) is 16.0 Å². The lowest BCUT2D eigenvalue weighted by molar-refractivity contribution is 0.102. The van der Waals surface area contributed by atoms with E-state index in [0.717, 1.165) is 17.5 Å². The lowest BCUT2D eigenvalue weighted by Gasteiger charge is -2.07. The van der Waals surface area contributed by atoms with Gasteiger partial charge < -0.3 is 9.84 Å². The molecule has 0 spiro atoms. The number of para-hydroxylation sites is 1. The highest BCUT2D eigenvalue weighted by Crippen LogP contribution is 2.27. The van der Waals surface area contributed by atoms with Crippen molar-refractivity contribution in [1.29, 1.82) is 0 Å². The van der Waals surface area contributed by atoms with Gasteiger partial charge in [-0.05, 0) is 30.3 Å². The Kier molecular flexibility index (Phi) is 3.89. The lowest BCUT2D eigenvalue weighted by Crippen LogP contribution is -2.12. The van der Waals surface area contributed by atoms with E-state index in [0.29, 0.717) is 11.2 Å². The van der Waals surface area contributed by atoms with Crippen LogP contribution in [0.5, 0.6) is 0 Å². The smallest absolute Gasteiger partial charge is 0.261 e. The van der Waals surface area contributed by atoms with E-state index in [2.05, 4.69) is 15.5 Å². The number of hydrogen-bond donors (Lipinski definition) is 1. The van der Waals surface area contributed by atoms with Crippen molar-refractivity contribution in [1.82, 2.24) is 10.1 Å². The van der Waals surface area contributed by atoms with Crippen LogP contribution in [0.15, 0.2) is 65.4 Å². The third kappa shape index (κ3) is 2.79.